The highest BCUT2D eigenvalue weighted by Gasteiger charge is 2.24. The van der Waals surface area contributed by atoms with Gasteiger partial charge in [-0.2, -0.15) is 5.26 Å². The standard InChI is InChI=1S/C25H20ClN9O/c1-34-14-31-19-9-17(3-4-21(19)34)36-22-5-2-16(8-18(22)26)32-24-23-20(29-13-30-24)11-28-25(33-23)35-7-6-15(10-27)12-35/h2-5,8-9,11,13-15H,6-7,12H2,1H3,(H,29,30,32). The molecule has 1 N–H and O–H groups in total. The van der Waals surface area contributed by atoms with Crippen LogP contribution >= 0.6 is 11.6 Å². The normalized spacial score (nSPS) is 15.4. The van der Waals surface area contributed by atoms with Crippen molar-refractivity contribution >= 4 is 51.1 Å². The quantitative estimate of drug-likeness (QED) is 0.363. The van der Waals surface area contributed by atoms with Crippen molar-refractivity contribution in [2.24, 2.45) is 13.0 Å². The number of halogens is 1. The molecule has 6 rings (SSSR count). The van der Waals surface area contributed by atoms with E-state index in [2.05, 4.69) is 31.3 Å². The number of hydrogen-bond donors (Lipinski definition) is 1. The lowest BCUT2D eigenvalue weighted by molar-refractivity contribution is 0.483. The second-order valence-electron chi connectivity index (χ2n) is 8.57. The molecule has 10 nitrogen and oxygen atoms in total. The molecule has 178 valence electrons. The van der Waals surface area contributed by atoms with E-state index in [4.69, 9.17) is 21.3 Å². The van der Waals surface area contributed by atoms with Gasteiger partial charge in [-0.05, 0) is 36.8 Å². The van der Waals surface area contributed by atoms with E-state index in [-0.39, 0.29) is 5.92 Å². The minimum atomic E-state index is -0.0114. The van der Waals surface area contributed by atoms with E-state index in [1.165, 1.54) is 6.33 Å². The van der Waals surface area contributed by atoms with Crippen molar-refractivity contribution in [1.29, 1.82) is 5.26 Å². The highest BCUT2D eigenvalue weighted by molar-refractivity contribution is 6.32. The molecule has 0 radical (unpaired) electrons. The first-order valence-corrected chi connectivity index (χ1v) is 11.7. The maximum atomic E-state index is 9.21. The van der Waals surface area contributed by atoms with Gasteiger partial charge in [-0.15, -0.1) is 0 Å². The molecule has 3 aromatic heterocycles. The van der Waals surface area contributed by atoms with Crippen molar-refractivity contribution in [2.45, 2.75) is 6.42 Å². The largest absolute Gasteiger partial charge is 0.456 e. The fourth-order valence-electron chi connectivity index (χ4n) is 4.24. The van der Waals surface area contributed by atoms with Gasteiger partial charge < -0.3 is 19.5 Å². The number of nitrogens with zero attached hydrogens (tertiary/aromatic N) is 8. The first-order valence-electron chi connectivity index (χ1n) is 11.4. The summed E-state index contributed by atoms with van der Waals surface area (Å²) in [5.41, 5.74) is 3.79. The zero-order chi connectivity index (χ0) is 24.6. The fourth-order valence-corrected chi connectivity index (χ4v) is 4.46. The Balaban J connectivity index is 1.24. The second kappa shape index (κ2) is 8.94. The number of hydrogen-bond acceptors (Lipinski definition) is 9. The molecule has 11 heteroatoms. The van der Waals surface area contributed by atoms with Gasteiger partial charge in [0.1, 0.15) is 28.9 Å². The Labute approximate surface area is 211 Å². The Bertz CT molecular complexity index is 1640. The van der Waals surface area contributed by atoms with Crippen LogP contribution in [0.15, 0.2) is 55.2 Å². The third-order valence-corrected chi connectivity index (χ3v) is 6.43. The molecule has 0 amide bonds. The number of imidazole rings is 1. The van der Waals surface area contributed by atoms with Crippen molar-refractivity contribution in [3.63, 3.8) is 0 Å². The Hall–Kier alpha value is -4.49. The van der Waals surface area contributed by atoms with E-state index in [1.54, 1.807) is 24.7 Å². The minimum absolute atomic E-state index is 0.0114. The molecule has 0 bridgehead atoms. The van der Waals surface area contributed by atoms with Crippen molar-refractivity contribution < 1.29 is 4.74 Å². The molecule has 1 aliphatic rings. The predicted octanol–water partition coefficient (Wildman–Crippen LogP) is 4.85. The smallest absolute Gasteiger partial charge is 0.226 e. The summed E-state index contributed by atoms with van der Waals surface area (Å²) in [6.07, 6.45) is 5.70. The van der Waals surface area contributed by atoms with E-state index in [0.717, 1.165) is 29.7 Å². The highest BCUT2D eigenvalue weighted by atomic mass is 35.5. The predicted molar refractivity (Wildman–Crippen MR) is 137 cm³/mol. The van der Waals surface area contributed by atoms with Crippen molar-refractivity contribution in [3.05, 3.63) is 60.3 Å². The Morgan fingerprint density at radius 3 is 2.86 bits per heavy atom. The van der Waals surface area contributed by atoms with E-state index in [9.17, 15) is 5.26 Å². The Morgan fingerprint density at radius 2 is 2.03 bits per heavy atom. The number of ether oxygens (including phenoxy) is 1. The lowest BCUT2D eigenvalue weighted by atomic mass is 10.1. The molecule has 1 unspecified atom stereocenters. The van der Waals surface area contributed by atoms with Crippen LogP contribution in [0.3, 0.4) is 0 Å². The number of nitriles is 1. The maximum Gasteiger partial charge on any atom is 0.226 e. The van der Waals surface area contributed by atoms with Gasteiger partial charge in [-0.3, -0.25) is 0 Å². The summed E-state index contributed by atoms with van der Waals surface area (Å²) in [6.45, 7) is 1.35. The molecular weight excluding hydrogens is 478 g/mol. The van der Waals surface area contributed by atoms with Crippen LogP contribution in [-0.2, 0) is 7.05 Å². The SMILES string of the molecule is Cn1cnc2cc(Oc3ccc(Nc4ncnc5cnc(N6CCC(C#N)C6)nc45)cc3Cl)ccc21. The molecule has 0 saturated carbocycles. The van der Waals surface area contributed by atoms with Gasteiger partial charge in [-0.25, -0.2) is 24.9 Å². The number of anilines is 3. The Kier molecular flexibility index (Phi) is 5.47. The van der Waals surface area contributed by atoms with Gasteiger partial charge in [-0.1, -0.05) is 11.6 Å². The summed E-state index contributed by atoms with van der Waals surface area (Å²) in [5, 5.41) is 12.9. The molecular formula is C25H20ClN9O. The van der Waals surface area contributed by atoms with Gasteiger partial charge in [0.25, 0.3) is 0 Å². The van der Waals surface area contributed by atoms with Gasteiger partial charge in [0, 0.05) is 31.9 Å². The highest BCUT2D eigenvalue weighted by Crippen LogP contribution is 2.34. The third kappa shape index (κ3) is 4.10. The molecule has 5 aromatic rings. The molecule has 4 heterocycles. The lowest BCUT2D eigenvalue weighted by Crippen LogP contribution is -2.21. The van der Waals surface area contributed by atoms with Gasteiger partial charge in [0.15, 0.2) is 5.82 Å². The fraction of sp³-hybridized carbons (Fsp3) is 0.200. The number of aryl methyl sites for hydroxylation is 1. The molecule has 0 spiro atoms. The van der Waals surface area contributed by atoms with E-state index >= 15 is 0 Å². The number of aromatic nitrogens is 6. The molecule has 36 heavy (non-hydrogen) atoms. The van der Waals surface area contributed by atoms with Crippen LogP contribution < -0.4 is 15.0 Å². The molecule has 1 atom stereocenters. The number of rotatable bonds is 5. The number of nitrogens with one attached hydrogen (secondary N) is 1. The molecule has 0 aliphatic carbocycles. The lowest BCUT2D eigenvalue weighted by Gasteiger charge is -2.16. The average molecular weight is 498 g/mol. The minimum Gasteiger partial charge on any atom is -0.456 e. The first kappa shape index (κ1) is 22.0. The van der Waals surface area contributed by atoms with Gasteiger partial charge in [0.2, 0.25) is 5.95 Å². The van der Waals surface area contributed by atoms with Crippen molar-refractivity contribution in [3.8, 4) is 17.6 Å². The summed E-state index contributed by atoms with van der Waals surface area (Å²) in [5.74, 6) is 2.25. The average Bonchev–Trinajstić information content (AvgIpc) is 3.52. The first-order chi connectivity index (χ1) is 17.6. The summed E-state index contributed by atoms with van der Waals surface area (Å²) >= 11 is 6.55. The molecule has 2 aromatic carbocycles. The zero-order valence-corrected chi connectivity index (χ0v) is 20.0. The summed E-state index contributed by atoms with van der Waals surface area (Å²) < 4.78 is 7.96. The Morgan fingerprint density at radius 1 is 1.11 bits per heavy atom. The van der Waals surface area contributed by atoms with Gasteiger partial charge in [0.05, 0.1) is 40.6 Å². The van der Waals surface area contributed by atoms with Crippen LogP contribution in [0.2, 0.25) is 5.02 Å². The van der Waals surface area contributed by atoms with Crippen LogP contribution in [0, 0.1) is 17.2 Å². The van der Waals surface area contributed by atoms with E-state index in [0.29, 0.717) is 45.9 Å². The summed E-state index contributed by atoms with van der Waals surface area (Å²) in [7, 11) is 1.95. The number of benzene rings is 2. The topological polar surface area (TPSA) is 118 Å². The van der Waals surface area contributed by atoms with Crippen LogP contribution in [0.1, 0.15) is 6.42 Å². The van der Waals surface area contributed by atoms with E-state index < -0.39 is 0 Å². The van der Waals surface area contributed by atoms with Crippen LogP contribution in [0.25, 0.3) is 22.1 Å². The van der Waals surface area contributed by atoms with E-state index in [1.807, 2.05) is 40.8 Å². The monoisotopic (exact) mass is 497 g/mol. The van der Waals surface area contributed by atoms with Crippen LogP contribution in [-0.4, -0.2) is 42.6 Å². The van der Waals surface area contributed by atoms with Gasteiger partial charge >= 0.3 is 0 Å². The van der Waals surface area contributed by atoms with Crippen molar-refractivity contribution in [2.75, 3.05) is 23.3 Å². The van der Waals surface area contributed by atoms with Crippen LogP contribution in [0.5, 0.6) is 11.5 Å². The summed E-state index contributed by atoms with van der Waals surface area (Å²) in [4.78, 5) is 24.2. The summed E-state index contributed by atoms with van der Waals surface area (Å²) in [6, 6.07) is 13.5. The molecule has 1 aliphatic heterocycles. The third-order valence-electron chi connectivity index (χ3n) is 6.14. The van der Waals surface area contributed by atoms with Crippen molar-refractivity contribution in [1.82, 2.24) is 29.5 Å². The van der Waals surface area contributed by atoms with Crippen LogP contribution in [0.4, 0.5) is 17.5 Å². The number of fused-ring (bicyclic) bond motifs is 2. The maximum absolute atomic E-state index is 9.21. The second-order valence-corrected chi connectivity index (χ2v) is 8.97. The zero-order valence-electron chi connectivity index (χ0n) is 19.3. The molecule has 1 fully saturated rings. The molecule has 1 saturated heterocycles.